The van der Waals surface area contributed by atoms with Crippen molar-refractivity contribution in [1.29, 1.82) is 0 Å². The van der Waals surface area contributed by atoms with Crippen LogP contribution in [0, 0.1) is 5.92 Å². The molecule has 3 amide bonds. The average Bonchev–Trinajstić information content (AvgIpc) is 3.44. The largest absolute Gasteiger partial charge is 0.504 e. The number of methoxy groups -OCH3 is 1. The standard InChI is InChI=1S/C30H21ClF3N3O6S2/c1-43-20-11-14(5-10-19(20)38)22-23-24(27(41)37(26(23)40)18-8-6-16(31)7-9-18)44-28-25(22)45-29(42)36(28)13-21(39)35-17-4-2-3-15(12-17)30(32,33)34/h2-12,22-24,38H,13H2,1H3,(H,35,39)/t22-,23?,24?/m0/s1. The number of aromatic hydroxyl groups is 1. The smallest absolute Gasteiger partial charge is 0.416 e. The van der Waals surface area contributed by atoms with E-state index in [0.29, 0.717) is 21.2 Å². The van der Waals surface area contributed by atoms with Crippen molar-refractivity contribution in [2.75, 3.05) is 17.3 Å². The van der Waals surface area contributed by atoms with Gasteiger partial charge in [-0.3, -0.25) is 23.7 Å². The van der Waals surface area contributed by atoms with Gasteiger partial charge in [0.2, 0.25) is 17.7 Å². The van der Waals surface area contributed by atoms with Crippen molar-refractivity contribution in [3.63, 3.8) is 0 Å². The van der Waals surface area contributed by atoms with Crippen molar-refractivity contribution >= 4 is 63.8 Å². The first-order valence-corrected chi connectivity index (χ1v) is 15.3. The van der Waals surface area contributed by atoms with Gasteiger partial charge in [0.05, 0.1) is 29.3 Å². The Kier molecular flexibility index (Phi) is 7.91. The van der Waals surface area contributed by atoms with Crippen LogP contribution >= 0.6 is 34.7 Å². The molecule has 232 valence electrons. The highest BCUT2D eigenvalue weighted by atomic mass is 35.5. The van der Waals surface area contributed by atoms with Crippen molar-refractivity contribution in [2.24, 2.45) is 5.92 Å². The summed E-state index contributed by atoms with van der Waals surface area (Å²) in [5.41, 5.74) is -0.257. The number of carbonyl (C=O) groups is 3. The maximum Gasteiger partial charge on any atom is 0.416 e. The number of anilines is 2. The normalized spacial score (nSPS) is 19.3. The molecule has 1 aromatic heterocycles. The summed E-state index contributed by atoms with van der Waals surface area (Å²) in [6.07, 6.45) is -4.62. The molecule has 0 radical (unpaired) electrons. The monoisotopic (exact) mass is 675 g/mol. The number of alkyl halides is 3. The minimum Gasteiger partial charge on any atom is -0.504 e. The number of hydrogen-bond donors (Lipinski definition) is 2. The van der Waals surface area contributed by atoms with Crippen LogP contribution in [0.15, 0.2) is 76.6 Å². The molecule has 3 heterocycles. The van der Waals surface area contributed by atoms with Crippen molar-refractivity contribution in [3.05, 3.63) is 97.4 Å². The molecule has 1 saturated heterocycles. The lowest BCUT2D eigenvalue weighted by Gasteiger charge is -2.31. The number of rotatable bonds is 6. The van der Waals surface area contributed by atoms with Crippen LogP contribution in [0.4, 0.5) is 24.5 Å². The summed E-state index contributed by atoms with van der Waals surface area (Å²) in [7, 11) is 1.36. The molecule has 0 spiro atoms. The molecule has 4 aromatic rings. The highest BCUT2D eigenvalue weighted by Crippen LogP contribution is 2.54. The second-order valence-corrected chi connectivity index (χ2v) is 12.8. The number of amides is 3. The van der Waals surface area contributed by atoms with Crippen LogP contribution in [0.1, 0.15) is 21.9 Å². The Bertz CT molecular complexity index is 1910. The lowest BCUT2D eigenvalue weighted by Crippen LogP contribution is -2.33. The van der Waals surface area contributed by atoms with Crippen molar-refractivity contribution < 1.29 is 37.4 Å². The minimum absolute atomic E-state index is 0.107. The molecule has 2 aliphatic heterocycles. The highest BCUT2D eigenvalue weighted by Gasteiger charge is 2.57. The zero-order valence-electron chi connectivity index (χ0n) is 23.0. The predicted molar refractivity (Wildman–Crippen MR) is 162 cm³/mol. The number of hydrogen-bond acceptors (Lipinski definition) is 8. The van der Waals surface area contributed by atoms with Crippen LogP contribution < -0.4 is 19.8 Å². The van der Waals surface area contributed by atoms with Crippen molar-refractivity contribution in [2.45, 2.75) is 28.9 Å². The van der Waals surface area contributed by atoms with Gasteiger partial charge in [0, 0.05) is 21.5 Å². The summed E-state index contributed by atoms with van der Waals surface area (Å²) >= 11 is 7.80. The van der Waals surface area contributed by atoms with E-state index in [0.717, 1.165) is 50.8 Å². The molecular formula is C30H21ClF3N3O6S2. The molecule has 2 aliphatic rings. The quantitative estimate of drug-likeness (QED) is 0.251. The average molecular weight is 676 g/mol. The number of fused-ring (bicyclic) bond motifs is 2. The number of nitrogens with one attached hydrogen (secondary N) is 1. The van der Waals surface area contributed by atoms with Crippen LogP contribution in [0.25, 0.3) is 0 Å². The number of phenolic OH excluding ortho intramolecular Hbond substituents is 1. The molecule has 0 aliphatic carbocycles. The first-order chi connectivity index (χ1) is 21.4. The summed E-state index contributed by atoms with van der Waals surface area (Å²) in [5, 5.41) is 12.3. The second kappa shape index (κ2) is 11.6. The Hall–Kier alpha value is -4.27. The fourth-order valence-electron chi connectivity index (χ4n) is 5.46. The van der Waals surface area contributed by atoms with Gasteiger partial charge in [-0.25, -0.2) is 4.90 Å². The zero-order valence-corrected chi connectivity index (χ0v) is 25.4. The number of thiazole rings is 1. The van der Waals surface area contributed by atoms with Crippen LogP contribution in [0.2, 0.25) is 5.02 Å². The van der Waals surface area contributed by atoms with E-state index in [2.05, 4.69) is 5.32 Å². The Morgan fingerprint density at radius 2 is 1.78 bits per heavy atom. The topological polar surface area (TPSA) is 118 Å². The van der Waals surface area contributed by atoms with E-state index < -0.39 is 58.0 Å². The van der Waals surface area contributed by atoms with E-state index in [1.54, 1.807) is 30.3 Å². The third-order valence-electron chi connectivity index (χ3n) is 7.47. The van der Waals surface area contributed by atoms with Gasteiger partial charge >= 0.3 is 11.0 Å². The Balaban J connectivity index is 1.40. The van der Waals surface area contributed by atoms with E-state index in [-0.39, 0.29) is 22.2 Å². The number of phenols is 1. The number of thioether (sulfide) groups is 1. The third kappa shape index (κ3) is 5.57. The lowest BCUT2D eigenvalue weighted by molar-refractivity contribution is -0.137. The molecule has 3 atom stereocenters. The van der Waals surface area contributed by atoms with E-state index in [1.165, 1.54) is 25.3 Å². The predicted octanol–water partition coefficient (Wildman–Crippen LogP) is 5.73. The minimum atomic E-state index is -4.62. The Morgan fingerprint density at radius 3 is 2.47 bits per heavy atom. The number of halogens is 4. The fourth-order valence-corrected chi connectivity index (χ4v) is 8.36. The van der Waals surface area contributed by atoms with E-state index >= 15 is 0 Å². The van der Waals surface area contributed by atoms with Gasteiger partial charge in [-0.05, 0) is 60.2 Å². The Labute approximate surface area is 266 Å². The summed E-state index contributed by atoms with van der Waals surface area (Å²) in [4.78, 5) is 55.1. The van der Waals surface area contributed by atoms with E-state index in [9.17, 15) is 37.5 Å². The molecule has 2 unspecified atom stereocenters. The first kappa shape index (κ1) is 30.7. The first-order valence-electron chi connectivity index (χ1n) is 13.2. The van der Waals surface area contributed by atoms with E-state index in [1.807, 2.05) is 0 Å². The maximum absolute atomic E-state index is 14.0. The van der Waals surface area contributed by atoms with Crippen molar-refractivity contribution in [1.82, 2.24) is 4.57 Å². The van der Waals surface area contributed by atoms with Crippen LogP contribution in [-0.4, -0.2) is 39.8 Å². The van der Waals surface area contributed by atoms with Gasteiger partial charge in [-0.1, -0.05) is 46.8 Å². The maximum atomic E-state index is 14.0. The summed E-state index contributed by atoms with van der Waals surface area (Å²) in [6, 6.07) is 14.7. The summed E-state index contributed by atoms with van der Waals surface area (Å²) in [6.45, 7) is -0.556. The van der Waals surface area contributed by atoms with Gasteiger partial charge in [-0.2, -0.15) is 13.2 Å². The molecule has 45 heavy (non-hydrogen) atoms. The molecule has 1 fully saturated rings. The van der Waals surface area contributed by atoms with Crippen LogP contribution in [0.5, 0.6) is 11.5 Å². The van der Waals surface area contributed by atoms with Gasteiger partial charge in [0.1, 0.15) is 11.8 Å². The number of ether oxygens (including phenoxy) is 1. The third-order valence-corrected chi connectivity index (χ3v) is 10.3. The van der Waals surface area contributed by atoms with Crippen LogP contribution in [-0.2, 0) is 27.1 Å². The van der Waals surface area contributed by atoms with Crippen molar-refractivity contribution in [3.8, 4) is 11.5 Å². The molecule has 6 rings (SSSR count). The number of aromatic nitrogens is 1. The molecule has 0 saturated carbocycles. The SMILES string of the molecule is COc1cc([C@@H]2c3sc(=O)n(CC(=O)Nc4cccc(C(F)(F)F)c4)c3SC3C(=O)N(c4ccc(Cl)cc4)C(=O)C32)ccc1O. The molecule has 2 N–H and O–H groups in total. The second-order valence-electron chi connectivity index (χ2n) is 10.2. The molecule has 0 bridgehead atoms. The van der Waals surface area contributed by atoms with Gasteiger partial charge in [0.15, 0.2) is 11.5 Å². The molecule has 3 aromatic carbocycles. The number of carbonyl (C=O) groups excluding carboxylic acids is 3. The van der Waals surface area contributed by atoms with Gasteiger partial charge in [0.25, 0.3) is 0 Å². The highest BCUT2D eigenvalue weighted by molar-refractivity contribution is 8.00. The fraction of sp³-hybridized carbons (Fsp3) is 0.200. The number of benzene rings is 3. The zero-order chi connectivity index (χ0) is 32.2. The summed E-state index contributed by atoms with van der Waals surface area (Å²) < 4.78 is 46.0. The van der Waals surface area contributed by atoms with Gasteiger partial charge < -0.3 is 15.2 Å². The molecule has 9 nitrogen and oxygen atoms in total. The van der Waals surface area contributed by atoms with E-state index in [4.69, 9.17) is 16.3 Å². The van der Waals surface area contributed by atoms with Crippen LogP contribution in [0.3, 0.4) is 0 Å². The molecular weight excluding hydrogens is 655 g/mol. The number of nitrogens with zero attached hydrogens (tertiary/aromatic N) is 2. The Morgan fingerprint density at radius 1 is 1.04 bits per heavy atom. The van der Waals surface area contributed by atoms with Gasteiger partial charge in [-0.15, -0.1) is 0 Å². The molecule has 15 heteroatoms. The lowest BCUT2D eigenvalue weighted by atomic mass is 9.83. The summed E-state index contributed by atoms with van der Waals surface area (Å²) in [5.74, 6) is -3.63. The number of imide groups is 1.